The predicted molar refractivity (Wildman–Crippen MR) is 72.5 cm³/mol. The first-order valence-electron chi connectivity index (χ1n) is 7.62. The molecule has 4 nitrogen and oxygen atoms in total. The third kappa shape index (κ3) is 3.10. The summed E-state index contributed by atoms with van der Waals surface area (Å²) >= 11 is 0. The lowest BCUT2D eigenvalue weighted by molar-refractivity contribution is -0.144. The van der Waals surface area contributed by atoms with Gasteiger partial charge in [-0.2, -0.15) is 0 Å². The fraction of sp³-hybridized carbons (Fsp3) is 0.867. The summed E-state index contributed by atoms with van der Waals surface area (Å²) in [5.41, 5.74) is -0.115. The van der Waals surface area contributed by atoms with Crippen LogP contribution in [-0.4, -0.2) is 24.0 Å². The minimum Gasteiger partial charge on any atom is -0.464 e. The Bertz CT molecular complexity index is 327. The molecule has 3 unspecified atom stereocenters. The van der Waals surface area contributed by atoms with E-state index in [1.54, 1.807) is 0 Å². The molecule has 1 aliphatic carbocycles. The van der Waals surface area contributed by atoms with Gasteiger partial charge in [-0.05, 0) is 38.5 Å². The highest BCUT2D eigenvalue weighted by Gasteiger charge is 2.48. The number of amides is 1. The van der Waals surface area contributed by atoms with Crippen molar-refractivity contribution in [3.63, 3.8) is 0 Å². The summed E-state index contributed by atoms with van der Waals surface area (Å²) in [4.78, 5) is 22.5. The van der Waals surface area contributed by atoms with Crippen LogP contribution in [0.25, 0.3) is 0 Å². The van der Waals surface area contributed by atoms with Crippen LogP contribution in [0.1, 0.15) is 64.7 Å². The van der Waals surface area contributed by atoms with E-state index in [0.29, 0.717) is 12.9 Å². The Labute approximate surface area is 115 Å². The second-order valence-electron chi connectivity index (χ2n) is 5.97. The van der Waals surface area contributed by atoms with E-state index in [0.717, 1.165) is 51.4 Å². The second-order valence-corrected chi connectivity index (χ2v) is 5.97. The molecule has 0 aromatic heterocycles. The Morgan fingerprint density at radius 1 is 1.42 bits per heavy atom. The van der Waals surface area contributed by atoms with Crippen molar-refractivity contribution in [2.75, 3.05) is 0 Å². The molecular formula is C15H25NO3. The van der Waals surface area contributed by atoms with Gasteiger partial charge in [0.1, 0.15) is 6.10 Å². The molecule has 1 heterocycles. The lowest BCUT2D eigenvalue weighted by Crippen LogP contribution is -2.61. The zero-order valence-electron chi connectivity index (χ0n) is 11.8. The van der Waals surface area contributed by atoms with Gasteiger partial charge < -0.3 is 10.1 Å². The number of ether oxygens (including phenoxy) is 1. The number of carbonyl (C=O) groups excluding carboxylic acids is 2. The van der Waals surface area contributed by atoms with E-state index in [1.165, 1.54) is 0 Å². The van der Waals surface area contributed by atoms with E-state index in [4.69, 9.17) is 4.74 Å². The molecule has 19 heavy (non-hydrogen) atoms. The van der Waals surface area contributed by atoms with Crippen molar-refractivity contribution in [1.29, 1.82) is 0 Å². The second kappa shape index (κ2) is 6.40. The van der Waals surface area contributed by atoms with Gasteiger partial charge in [-0.3, -0.25) is 9.59 Å². The van der Waals surface area contributed by atoms with Gasteiger partial charge in [0, 0.05) is 17.9 Å². The van der Waals surface area contributed by atoms with Crippen LogP contribution >= 0.6 is 0 Å². The van der Waals surface area contributed by atoms with Gasteiger partial charge in [0.25, 0.3) is 6.47 Å². The van der Waals surface area contributed by atoms with Crippen molar-refractivity contribution in [3.05, 3.63) is 0 Å². The number of rotatable bonds is 5. The summed E-state index contributed by atoms with van der Waals surface area (Å²) in [6.07, 6.45) is 8.91. The molecule has 2 rings (SSSR count). The maximum Gasteiger partial charge on any atom is 0.293 e. The van der Waals surface area contributed by atoms with Crippen LogP contribution in [0.4, 0.5) is 0 Å². The Kier molecular flexibility index (Phi) is 4.83. The maximum absolute atomic E-state index is 11.8. The lowest BCUT2D eigenvalue weighted by Gasteiger charge is -2.50. The highest BCUT2D eigenvalue weighted by atomic mass is 16.5. The first-order valence-corrected chi connectivity index (χ1v) is 7.62. The van der Waals surface area contributed by atoms with Crippen LogP contribution in [0.5, 0.6) is 0 Å². The third-order valence-electron chi connectivity index (χ3n) is 4.78. The number of hydrogen-bond donors (Lipinski definition) is 1. The first kappa shape index (κ1) is 14.4. The number of carbonyl (C=O) groups is 2. The molecule has 0 bridgehead atoms. The Morgan fingerprint density at radius 3 is 2.89 bits per heavy atom. The minimum atomic E-state index is -0.115. The van der Waals surface area contributed by atoms with E-state index in [2.05, 4.69) is 12.2 Å². The molecule has 1 saturated heterocycles. The lowest BCUT2D eigenvalue weighted by atomic mass is 9.65. The van der Waals surface area contributed by atoms with Crippen molar-refractivity contribution in [1.82, 2.24) is 5.32 Å². The molecule has 3 atom stereocenters. The van der Waals surface area contributed by atoms with Gasteiger partial charge >= 0.3 is 0 Å². The van der Waals surface area contributed by atoms with Crippen LogP contribution in [0.3, 0.4) is 0 Å². The summed E-state index contributed by atoms with van der Waals surface area (Å²) in [5.74, 6) is 0.454. The number of nitrogens with one attached hydrogen (secondary N) is 1. The fourth-order valence-electron chi connectivity index (χ4n) is 3.91. The third-order valence-corrected chi connectivity index (χ3v) is 4.78. The Morgan fingerprint density at radius 2 is 2.21 bits per heavy atom. The van der Waals surface area contributed by atoms with Crippen molar-refractivity contribution in [3.8, 4) is 0 Å². The summed E-state index contributed by atoms with van der Waals surface area (Å²) in [7, 11) is 0. The molecule has 1 spiro atoms. The monoisotopic (exact) mass is 267 g/mol. The summed E-state index contributed by atoms with van der Waals surface area (Å²) < 4.78 is 5.32. The summed E-state index contributed by atoms with van der Waals surface area (Å²) in [5, 5.41) is 3.24. The Hall–Kier alpha value is -1.06. The van der Waals surface area contributed by atoms with E-state index >= 15 is 0 Å². The van der Waals surface area contributed by atoms with Crippen LogP contribution in [-0.2, 0) is 14.3 Å². The summed E-state index contributed by atoms with van der Waals surface area (Å²) in [6.45, 7) is 2.75. The van der Waals surface area contributed by atoms with Gasteiger partial charge in [0.2, 0.25) is 5.91 Å². The normalized spacial score (nSPS) is 34.9. The molecule has 1 amide bonds. The fourth-order valence-corrected chi connectivity index (χ4v) is 3.91. The van der Waals surface area contributed by atoms with E-state index in [1.807, 2.05) is 0 Å². The van der Waals surface area contributed by atoms with Gasteiger partial charge in [-0.25, -0.2) is 0 Å². The van der Waals surface area contributed by atoms with Crippen molar-refractivity contribution >= 4 is 12.4 Å². The van der Waals surface area contributed by atoms with Gasteiger partial charge in [-0.15, -0.1) is 0 Å². The zero-order chi connectivity index (χ0) is 13.7. The highest BCUT2D eigenvalue weighted by Crippen LogP contribution is 2.43. The molecular weight excluding hydrogens is 242 g/mol. The summed E-state index contributed by atoms with van der Waals surface area (Å²) in [6, 6.07) is 0. The Balaban J connectivity index is 2.16. The van der Waals surface area contributed by atoms with Gasteiger partial charge in [0.05, 0.1) is 0 Å². The van der Waals surface area contributed by atoms with E-state index in [-0.39, 0.29) is 23.5 Å². The molecule has 1 aliphatic heterocycles. The van der Waals surface area contributed by atoms with Crippen molar-refractivity contribution in [2.45, 2.75) is 76.4 Å². The number of unbranched alkanes of at least 4 members (excludes halogenated alkanes) is 1. The molecule has 0 radical (unpaired) electrons. The standard InChI is InChI=1S/C15H25NO3/c1-2-3-6-12-13(19-11-17)7-4-9-15(12)10-5-8-14(18)16-15/h11-13H,2-10H2,1H3,(H,16,18). The van der Waals surface area contributed by atoms with Gasteiger partial charge in [-0.1, -0.05) is 19.8 Å². The molecule has 1 saturated carbocycles. The van der Waals surface area contributed by atoms with Crippen LogP contribution in [0, 0.1) is 5.92 Å². The largest absolute Gasteiger partial charge is 0.464 e. The van der Waals surface area contributed by atoms with Gasteiger partial charge in [0.15, 0.2) is 0 Å². The first-order chi connectivity index (χ1) is 9.22. The molecule has 2 aliphatic rings. The molecule has 4 heteroatoms. The van der Waals surface area contributed by atoms with Crippen molar-refractivity contribution in [2.24, 2.45) is 5.92 Å². The van der Waals surface area contributed by atoms with Crippen LogP contribution < -0.4 is 5.32 Å². The van der Waals surface area contributed by atoms with Crippen molar-refractivity contribution < 1.29 is 14.3 Å². The molecule has 0 aromatic carbocycles. The number of piperidine rings is 1. The van der Waals surface area contributed by atoms with E-state index < -0.39 is 0 Å². The maximum atomic E-state index is 11.8. The average molecular weight is 267 g/mol. The van der Waals surface area contributed by atoms with Crippen LogP contribution in [0.15, 0.2) is 0 Å². The number of hydrogen-bond acceptors (Lipinski definition) is 3. The molecule has 0 aromatic rings. The SMILES string of the molecule is CCCCC1C(OC=O)CCCC12CCCC(=O)N2. The minimum absolute atomic E-state index is 0.0174. The average Bonchev–Trinajstić information content (AvgIpc) is 2.38. The quantitative estimate of drug-likeness (QED) is 0.779. The van der Waals surface area contributed by atoms with Crippen LogP contribution in [0.2, 0.25) is 0 Å². The zero-order valence-corrected chi connectivity index (χ0v) is 11.8. The molecule has 108 valence electrons. The van der Waals surface area contributed by atoms with E-state index in [9.17, 15) is 9.59 Å². The molecule has 1 N–H and O–H groups in total. The predicted octanol–water partition coefficient (Wildman–Crippen LogP) is 2.56. The highest BCUT2D eigenvalue weighted by molar-refractivity contribution is 5.77. The smallest absolute Gasteiger partial charge is 0.293 e. The topological polar surface area (TPSA) is 55.4 Å². The molecule has 2 fully saturated rings.